The smallest absolute Gasteiger partial charge is 0.225 e. The highest BCUT2D eigenvalue weighted by molar-refractivity contribution is 6.25. The summed E-state index contributed by atoms with van der Waals surface area (Å²) >= 11 is 0. The summed E-state index contributed by atoms with van der Waals surface area (Å²) < 4.78 is 0. The van der Waals surface area contributed by atoms with Gasteiger partial charge >= 0.3 is 0 Å². The molecule has 2 aliphatic carbocycles. The van der Waals surface area contributed by atoms with Gasteiger partial charge in [0.05, 0.1) is 6.07 Å². The Morgan fingerprint density at radius 1 is 1.00 bits per heavy atom. The normalized spacial score (nSPS) is 19.5. The summed E-state index contributed by atoms with van der Waals surface area (Å²) in [6.45, 7) is 15.0. The van der Waals surface area contributed by atoms with Gasteiger partial charge in [0, 0.05) is 45.4 Å². The van der Waals surface area contributed by atoms with Gasteiger partial charge in [0.1, 0.15) is 0 Å². The molecular formula is C33H38N2O3. The summed E-state index contributed by atoms with van der Waals surface area (Å²) in [5, 5.41) is 12.2. The molecule has 0 bridgehead atoms. The topological polar surface area (TPSA) is 87.0 Å². The number of Topliss-reactive ketones (excluding diaryl/α,β-unsaturated/α-hetero) is 2. The van der Waals surface area contributed by atoms with E-state index in [-0.39, 0.29) is 29.3 Å². The number of nitrogens with zero attached hydrogens (tertiary/aromatic N) is 1. The first-order valence-electron chi connectivity index (χ1n) is 13.0. The van der Waals surface area contributed by atoms with Crippen molar-refractivity contribution in [2.24, 2.45) is 10.8 Å². The van der Waals surface area contributed by atoms with Gasteiger partial charge in [0.2, 0.25) is 5.91 Å². The van der Waals surface area contributed by atoms with Crippen LogP contribution in [0.15, 0.2) is 75.4 Å². The van der Waals surface area contributed by atoms with Crippen molar-refractivity contribution >= 4 is 29.2 Å². The highest BCUT2D eigenvalue weighted by atomic mass is 16.2. The lowest BCUT2D eigenvalue weighted by molar-refractivity contribution is -0.119. The Morgan fingerprint density at radius 3 is 2.21 bits per heavy atom. The number of benzene rings is 1. The molecule has 2 aliphatic rings. The van der Waals surface area contributed by atoms with Gasteiger partial charge in [-0.15, -0.1) is 0 Å². The average molecular weight is 511 g/mol. The van der Waals surface area contributed by atoms with Gasteiger partial charge in [0.25, 0.3) is 0 Å². The maximum Gasteiger partial charge on any atom is 0.225 e. The molecule has 5 heteroatoms. The van der Waals surface area contributed by atoms with Gasteiger partial charge in [0.15, 0.2) is 11.6 Å². The molecule has 0 aromatic heterocycles. The van der Waals surface area contributed by atoms with Crippen LogP contribution in [0.1, 0.15) is 80.2 Å². The molecule has 5 nitrogen and oxygen atoms in total. The Bertz CT molecular complexity index is 1380. The fourth-order valence-corrected chi connectivity index (χ4v) is 5.36. The van der Waals surface area contributed by atoms with Crippen LogP contribution in [-0.2, 0) is 14.4 Å². The van der Waals surface area contributed by atoms with Crippen molar-refractivity contribution in [2.45, 2.75) is 74.7 Å². The van der Waals surface area contributed by atoms with Crippen LogP contribution in [0.2, 0.25) is 0 Å². The van der Waals surface area contributed by atoms with Crippen LogP contribution in [0.5, 0.6) is 0 Å². The van der Waals surface area contributed by atoms with Crippen LogP contribution >= 0.6 is 0 Å². The van der Waals surface area contributed by atoms with Crippen molar-refractivity contribution in [3.8, 4) is 6.07 Å². The van der Waals surface area contributed by atoms with Crippen LogP contribution in [-0.4, -0.2) is 17.5 Å². The van der Waals surface area contributed by atoms with E-state index in [1.54, 1.807) is 20.8 Å². The maximum absolute atomic E-state index is 13.0. The molecule has 3 rings (SSSR count). The first kappa shape index (κ1) is 28.8. The van der Waals surface area contributed by atoms with Crippen molar-refractivity contribution < 1.29 is 14.4 Å². The zero-order valence-corrected chi connectivity index (χ0v) is 23.8. The molecule has 0 heterocycles. The number of carbonyl (C=O) groups excluding carboxylic acids is 3. The van der Waals surface area contributed by atoms with Gasteiger partial charge in [-0.05, 0) is 74.8 Å². The van der Waals surface area contributed by atoms with E-state index >= 15 is 0 Å². The summed E-state index contributed by atoms with van der Waals surface area (Å²) in [4.78, 5) is 38.5. The Balaban J connectivity index is 1.69. The van der Waals surface area contributed by atoms with Crippen LogP contribution in [0.3, 0.4) is 0 Å². The lowest BCUT2D eigenvalue weighted by atomic mass is 9.71. The number of rotatable bonds is 6. The van der Waals surface area contributed by atoms with Crippen molar-refractivity contribution in [2.75, 3.05) is 5.32 Å². The van der Waals surface area contributed by atoms with Crippen molar-refractivity contribution in [3.05, 3.63) is 81.0 Å². The molecule has 1 N–H and O–H groups in total. The third-order valence-corrected chi connectivity index (χ3v) is 7.51. The summed E-state index contributed by atoms with van der Waals surface area (Å²) in [6, 6.07) is 9.86. The van der Waals surface area contributed by atoms with Crippen LogP contribution in [0.4, 0.5) is 5.69 Å². The molecule has 0 saturated heterocycles. The number of nitrogens with one attached hydrogen (secondary N) is 1. The monoisotopic (exact) mass is 510 g/mol. The number of amides is 1. The van der Waals surface area contributed by atoms with E-state index in [1.165, 1.54) is 5.57 Å². The first-order valence-corrected chi connectivity index (χ1v) is 13.0. The third kappa shape index (κ3) is 6.37. The molecule has 1 aromatic rings. The molecule has 0 atom stereocenters. The molecule has 0 radical (unpaired) electrons. The minimum absolute atomic E-state index is 0.0780. The summed E-state index contributed by atoms with van der Waals surface area (Å²) in [5.74, 6) is -0.505. The highest BCUT2D eigenvalue weighted by Crippen LogP contribution is 2.40. The second-order valence-electron chi connectivity index (χ2n) is 12.0. The lowest BCUT2D eigenvalue weighted by Crippen LogP contribution is -2.33. The van der Waals surface area contributed by atoms with E-state index in [2.05, 4.69) is 37.4 Å². The van der Waals surface area contributed by atoms with E-state index < -0.39 is 5.41 Å². The minimum Gasteiger partial charge on any atom is -0.326 e. The Hall–Kier alpha value is -3.78. The number of hydrogen-bond donors (Lipinski definition) is 1. The van der Waals surface area contributed by atoms with Crippen molar-refractivity contribution in [1.82, 2.24) is 0 Å². The highest BCUT2D eigenvalue weighted by Gasteiger charge is 2.38. The molecule has 198 valence electrons. The molecular weight excluding hydrogens is 472 g/mol. The fraction of sp³-hybridized carbons (Fsp3) is 0.394. The van der Waals surface area contributed by atoms with Crippen LogP contribution in [0.25, 0.3) is 6.08 Å². The number of anilines is 1. The number of ketones is 2. The van der Waals surface area contributed by atoms with E-state index in [1.807, 2.05) is 51.1 Å². The molecule has 1 amide bonds. The van der Waals surface area contributed by atoms with Crippen molar-refractivity contribution in [1.29, 1.82) is 5.26 Å². The molecule has 0 spiro atoms. The van der Waals surface area contributed by atoms with Gasteiger partial charge in [-0.2, -0.15) is 5.26 Å². The SMILES string of the molecule is CC1=C(C)C(=O)C(C(C)(C)CC(=O)Nc2ccc(/C=C/C3=CC(=C(/C)C#N)/CC(C)(C)C3)cc2)=C(C)C1=O. The fourth-order valence-electron chi connectivity index (χ4n) is 5.36. The Kier molecular flexibility index (Phi) is 8.27. The second-order valence-corrected chi connectivity index (χ2v) is 12.0. The summed E-state index contributed by atoms with van der Waals surface area (Å²) in [6.07, 6.45) is 8.17. The molecule has 0 fully saturated rings. The Morgan fingerprint density at radius 2 is 1.61 bits per heavy atom. The minimum atomic E-state index is -0.787. The number of nitriles is 1. The van der Waals surface area contributed by atoms with Gasteiger partial charge in [-0.25, -0.2) is 0 Å². The number of hydrogen-bond acceptors (Lipinski definition) is 4. The van der Waals surface area contributed by atoms with E-state index in [9.17, 15) is 19.6 Å². The van der Waals surface area contributed by atoms with Crippen molar-refractivity contribution in [3.63, 3.8) is 0 Å². The third-order valence-electron chi connectivity index (χ3n) is 7.51. The average Bonchev–Trinajstić information content (AvgIpc) is 2.84. The molecule has 1 aromatic carbocycles. The molecule has 38 heavy (non-hydrogen) atoms. The number of carbonyl (C=O) groups is 3. The first-order chi connectivity index (χ1) is 17.6. The quantitative estimate of drug-likeness (QED) is 0.318. The van der Waals surface area contributed by atoms with Gasteiger partial charge in [-0.1, -0.05) is 58.1 Å². The lowest BCUT2D eigenvalue weighted by Gasteiger charge is -2.31. The zero-order valence-electron chi connectivity index (χ0n) is 23.8. The maximum atomic E-state index is 13.0. The number of allylic oxidation sites excluding steroid dienone is 9. The summed E-state index contributed by atoms with van der Waals surface area (Å²) in [5.41, 5.74) is 5.79. The predicted octanol–water partition coefficient (Wildman–Crippen LogP) is 7.45. The van der Waals surface area contributed by atoms with E-state index in [0.29, 0.717) is 28.0 Å². The largest absolute Gasteiger partial charge is 0.326 e. The zero-order chi connectivity index (χ0) is 28.4. The second kappa shape index (κ2) is 10.9. The van der Waals surface area contributed by atoms with E-state index in [4.69, 9.17) is 0 Å². The molecule has 0 saturated carbocycles. The standard InChI is InChI=1S/C33H38N2O3/c1-20(19-34)26-15-25(16-32(5,6)17-26)10-9-24-11-13-27(14-12-24)35-28(36)18-33(7,8)29-23(4)30(37)21(2)22(3)31(29)38/h9-15H,16-18H2,1-8H3,(H,35,36)/b10-9+,26-20+. The van der Waals surface area contributed by atoms with Crippen LogP contribution in [0, 0.1) is 22.2 Å². The van der Waals surface area contributed by atoms with Gasteiger partial charge in [-0.3, -0.25) is 14.4 Å². The summed E-state index contributed by atoms with van der Waals surface area (Å²) in [7, 11) is 0. The van der Waals surface area contributed by atoms with E-state index in [0.717, 1.165) is 29.6 Å². The Labute approximate surface area is 226 Å². The molecule has 0 aliphatic heterocycles. The van der Waals surface area contributed by atoms with Crippen LogP contribution < -0.4 is 5.32 Å². The van der Waals surface area contributed by atoms with Gasteiger partial charge < -0.3 is 5.32 Å². The predicted molar refractivity (Wildman–Crippen MR) is 153 cm³/mol. The molecule has 0 unspecified atom stereocenters.